The zero-order valence-corrected chi connectivity index (χ0v) is 17.9. The van der Waals surface area contributed by atoms with Crippen LogP contribution in [-0.4, -0.2) is 29.0 Å². The largest absolute Gasteiger partial charge is 0.340 e. The quantitative estimate of drug-likeness (QED) is 0.614. The second-order valence-corrected chi connectivity index (χ2v) is 8.33. The number of piperidine rings is 1. The fraction of sp³-hybridized carbons (Fsp3) is 0.320. The van der Waals surface area contributed by atoms with Gasteiger partial charge in [-0.1, -0.05) is 38.1 Å². The van der Waals surface area contributed by atoms with E-state index in [1.807, 2.05) is 12.1 Å². The molecule has 1 amide bonds. The lowest BCUT2D eigenvalue weighted by molar-refractivity contribution is -0.120. The standard InChI is InChI=1S/C25H27FN4O/c1-17(2)18-7-11-23(12-8-18)29-24(31)20-4-3-13-30(16-20)25-27-14-21(15-28-25)19-5-9-22(26)10-6-19/h5-12,14-15,17,20H,3-4,13,16H2,1-2H3,(H,29,31). The Kier molecular flexibility index (Phi) is 6.26. The summed E-state index contributed by atoms with van der Waals surface area (Å²) in [6, 6.07) is 14.3. The number of halogens is 1. The third kappa shape index (κ3) is 5.08. The number of nitrogens with zero attached hydrogens (tertiary/aromatic N) is 3. The van der Waals surface area contributed by atoms with E-state index >= 15 is 0 Å². The Morgan fingerprint density at radius 1 is 1.03 bits per heavy atom. The number of aromatic nitrogens is 2. The first kappa shape index (κ1) is 21.0. The molecule has 2 heterocycles. The van der Waals surface area contributed by atoms with E-state index in [2.05, 4.69) is 46.2 Å². The van der Waals surface area contributed by atoms with Gasteiger partial charge in [-0.05, 0) is 54.2 Å². The monoisotopic (exact) mass is 418 g/mol. The summed E-state index contributed by atoms with van der Waals surface area (Å²) in [7, 11) is 0. The Morgan fingerprint density at radius 2 is 1.71 bits per heavy atom. The smallest absolute Gasteiger partial charge is 0.229 e. The molecule has 5 nitrogen and oxygen atoms in total. The van der Waals surface area contributed by atoms with E-state index in [9.17, 15) is 9.18 Å². The minimum Gasteiger partial charge on any atom is -0.340 e. The summed E-state index contributed by atoms with van der Waals surface area (Å²) in [6.45, 7) is 5.71. The molecule has 1 fully saturated rings. The molecular formula is C25H27FN4O. The molecule has 6 heteroatoms. The molecule has 4 rings (SSSR count). The molecular weight excluding hydrogens is 391 g/mol. The van der Waals surface area contributed by atoms with E-state index in [1.54, 1.807) is 24.5 Å². The van der Waals surface area contributed by atoms with Gasteiger partial charge in [-0.25, -0.2) is 14.4 Å². The van der Waals surface area contributed by atoms with Gasteiger partial charge in [0.25, 0.3) is 0 Å². The number of hydrogen-bond acceptors (Lipinski definition) is 4. The van der Waals surface area contributed by atoms with Gasteiger partial charge in [-0.2, -0.15) is 0 Å². The third-order valence-electron chi connectivity index (χ3n) is 5.74. The van der Waals surface area contributed by atoms with E-state index in [1.165, 1.54) is 17.7 Å². The Bertz CT molecular complexity index is 1020. The maximum Gasteiger partial charge on any atom is 0.229 e. The molecule has 1 aliphatic rings. The molecule has 1 aliphatic heterocycles. The summed E-state index contributed by atoms with van der Waals surface area (Å²) >= 11 is 0. The number of benzene rings is 2. The summed E-state index contributed by atoms with van der Waals surface area (Å²) in [6.07, 6.45) is 5.25. The molecule has 1 unspecified atom stereocenters. The van der Waals surface area contributed by atoms with Crippen molar-refractivity contribution in [1.82, 2.24) is 9.97 Å². The Morgan fingerprint density at radius 3 is 2.35 bits per heavy atom. The number of carbonyl (C=O) groups is 1. The van der Waals surface area contributed by atoms with Gasteiger partial charge >= 0.3 is 0 Å². The molecule has 0 spiro atoms. The van der Waals surface area contributed by atoms with Gasteiger partial charge in [0, 0.05) is 36.7 Å². The van der Waals surface area contributed by atoms with Crippen molar-refractivity contribution in [1.29, 1.82) is 0 Å². The van der Waals surface area contributed by atoms with Crippen molar-refractivity contribution in [3.63, 3.8) is 0 Å². The highest BCUT2D eigenvalue weighted by Crippen LogP contribution is 2.24. The molecule has 160 valence electrons. The van der Waals surface area contributed by atoms with Crippen LogP contribution in [0.25, 0.3) is 11.1 Å². The van der Waals surface area contributed by atoms with Crippen LogP contribution in [0.2, 0.25) is 0 Å². The van der Waals surface area contributed by atoms with Crippen LogP contribution >= 0.6 is 0 Å². The first-order valence-corrected chi connectivity index (χ1v) is 10.7. The minimum absolute atomic E-state index is 0.0323. The summed E-state index contributed by atoms with van der Waals surface area (Å²) in [5.74, 6) is 0.731. The maximum absolute atomic E-state index is 13.1. The first-order valence-electron chi connectivity index (χ1n) is 10.7. The second-order valence-electron chi connectivity index (χ2n) is 8.33. The average molecular weight is 419 g/mol. The maximum atomic E-state index is 13.1. The van der Waals surface area contributed by atoms with Crippen molar-refractivity contribution in [3.05, 3.63) is 72.3 Å². The number of amides is 1. The van der Waals surface area contributed by atoms with Gasteiger partial charge in [0.2, 0.25) is 11.9 Å². The van der Waals surface area contributed by atoms with Crippen LogP contribution in [0.5, 0.6) is 0 Å². The lowest BCUT2D eigenvalue weighted by Gasteiger charge is -2.32. The SMILES string of the molecule is CC(C)c1ccc(NC(=O)C2CCCN(c3ncc(-c4ccc(F)cc4)cn3)C2)cc1. The van der Waals surface area contributed by atoms with Gasteiger partial charge in [0.1, 0.15) is 5.82 Å². The molecule has 0 radical (unpaired) electrons. The van der Waals surface area contributed by atoms with Crippen LogP contribution in [0.1, 0.15) is 38.2 Å². The van der Waals surface area contributed by atoms with Crippen molar-refractivity contribution in [2.24, 2.45) is 5.92 Å². The fourth-order valence-corrected chi connectivity index (χ4v) is 3.84. The van der Waals surface area contributed by atoms with Crippen molar-refractivity contribution in [3.8, 4) is 11.1 Å². The van der Waals surface area contributed by atoms with Crippen LogP contribution in [0.4, 0.5) is 16.0 Å². The highest BCUT2D eigenvalue weighted by atomic mass is 19.1. The van der Waals surface area contributed by atoms with E-state index in [0.717, 1.165) is 36.2 Å². The predicted octanol–water partition coefficient (Wildman–Crippen LogP) is 5.26. The van der Waals surface area contributed by atoms with Crippen LogP contribution in [0, 0.1) is 11.7 Å². The van der Waals surface area contributed by atoms with Crippen molar-refractivity contribution < 1.29 is 9.18 Å². The van der Waals surface area contributed by atoms with Gasteiger partial charge in [-0.3, -0.25) is 4.79 Å². The zero-order chi connectivity index (χ0) is 21.8. The second kappa shape index (κ2) is 9.25. The van der Waals surface area contributed by atoms with Gasteiger partial charge in [-0.15, -0.1) is 0 Å². The normalized spacial score (nSPS) is 16.4. The van der Waals surface area contributed by atoms with E-state index in [0.29, 0.717) is 18.4 Å². The van der Waals surface area contributed by atoms with Gasteiger partial charge < -0.3 is 10.2 Å². The highest BCUT2D eigenvalue weighted by Gasteiger charge is 2.27. The van der Waals surface area contributed by atoms with Crippen molar-refractivity contribution >= 4 is 17.5 Å². The fourth-order valence-electron chi connectivity index (χ4n) is 3.84. The molecule has 1 saturated heterocycles. The number of anilines is 2. The summed E-state index contributed by atoms with van der Waals surface area (Å²) < 4.78 is 13.1. The van der Waals surface area contributed by atoms with Crippen LogP contribution in [-0.2, 0) is 4.79 Å². The molecule has 3 aromatic rings. The molecule has 0 aliphatic carbocycles. The minimum atomic E-state index is -0.269. The molecule has 1 aromatic heterocycles. The van der Waals surface area contributed by atoms with Gasteiger partial charge in [0.05, 0.1) is 5.92 Å². The first-order chi connectivity index (χ1) is 15.0. The van der Waals surface area contributed by atoms with Crippen LogP contribution in [0.15, 0.2) is 60.9 Å². The van der Waals surface area contributed by atoms with Crippen LogP contribution < -0.4 is 10.2 Å². The molecule has 31 heavy (non-hydrogen) atoms. The molecule has 0 bridgehead atoms. The Balaban J connectivity index is 1.39. The summed E-state index contributed by atoms with van der Waals surface area (Å²) in [5.41, 5.74) is 3.78. The van der Waals surface area contributed by atoms with Crippen molar-refractivity contribution in [2.45, 2.75) is 32.6 Å². The number of hydrogen-bond donors (Lipinski definition) is 1. The Labute approximate surface area is 182 Å². The van der Waals surface area contributed by atoms with Gasteiger partial charge in [0.15, 0.2) is 0 Å². The van der Waals surface area contributed by atoms with Crippen LogP contribution in [0.3, 0.4) is 0 Å². The predicted molar refractivity (Wildman–Crippen MR) is 122 cm³/mol. The van der Waals surface area contributed by atoms with E-state index in [-0.39, 0.29) is 17.6 Å². The lowest BCUT2D eigenvalue weighted by Crippen LogP contribution is -2.41. The van der Waals surface area contributed by atoms with E-state index in [4.69, 9.17) is 0 Å². The summed E-state index contributed by atoms with van der Waals surface area (Å²) in [5, 5.41) is 3.05. The molecule has 1 atom stereocenters. The molecule has 2 aromatic carbocycles. The number of carbonyl (C=O) groups excluding carboxylic acids is 1. The lowest BCUT2D eigenvalue weighted by atomic mass is 9.97. The zero-order valence-electron chi connectivity index (χ0n) is 17.9. The Hall–Kier alpha value is -3.28. The van der Waals surface area contributed by atoms with Crippen molar-refractivity contribution in [2.75, 3.05) is 23.3 Å². The topological polar surface area (TPSA) is 58.1 Å². The average Bonchev–Trinajstić information content (AvgIpc) is 2.80. The number of nitrogens with one attached hydrogen (secondary N) is 1. The number of rotatable bonds is 5. The third-order valence-corrected chi connectivity index (χ3v) is 5.74. The molecule has 1 N–H and O–H groups in total. The highest BCUT2D eigenvalue weighted by molar-refractivity contribution is 5.93. The molecule has 0 saturated carbocycles. The summed E-state index contributed by atoms with van der Waals surface area (Å²) in [4.78, 5) is 23.9. The van der Waals surface area contributed by atoms with E-state index < -0.39 is 0 Å².